The van der Waals surface area contributed by atoms with Crippen LogP contribution in [0.25, 0.3) is 0 Å². The van der Waals surface area contributed by atoms with Crippen LogP contribution in [0.3, 0.4) is 0 Å². The topological polar surface area (TPSA) is 80.9 Å². The van der Waals surface area contributed by atoms with Crippen molar-refractivity contribution in [2.45, 2.75) is 58.2 Å². The van der Waals surface area contributed by atoms with Gasteiger partial charge in [0.05, 0.1) is 0 Å². The quantitative estimate of drug-likeness (QED) is 0.545. The van der Waals surface area contributed by atoms with Gasteiger partial charge in [0.2, 0.25) is 0 Å². The van der Waals surface area contributed by atoms with Crippen molar-refractivity contribution in [1.82, 2.24) is 0 Å². The van der Waals surface area contributed by atoms with E-state index in [0.29, 0.717) is 0 Å². The maximum atomic E-state index is 10.2. The van der Waals surface area contributed by atoms with E-state index in [0.717, 1.165) is 58.7 Å². The van der Waals surface area contributed by atoms with Gasteiger partial charge in [0.25, 0.3) is 0 Å². The van der Waals surface area contributed by atoms with Gasteiger partial charge in [0.1, 0.15) is 0 Å². The second kappa shape index (κ2) is 30.7. The van der Waals surface area contributed by atoms with Crippen LogP contribution in [-0.4, -0.2) is 49.8 Å². The summed E-state index contributed by atoms with van der Waals surface area (Å²) < 4.78 is 0. The van der Waals surface area contributed by atoms with Crippen LogP contribution < -0.4 is 0 Å². The Hall–Kier alpha value is 0.940. The van der Waals surface area contributed by atoms with E-state index >= 15 is 0 Å². The molecular weight excluding hydrogens is 327 g/mol. The molecule has 0 bridgehead atoms. The minimum Gasteiger partial charge on any atom is -0.432 e. The van der Waals surface area contributed by atoms with E-state index in [1.54, 1.807) is 0 Å². The second-order valence-corrected chi connectivity index (χ2v) is 7.42. The van der Waals surface area contributed by atoms with Gasteiger partial charge in [0.15, 0.2) is 8.32 Å². The second-order valence-electron chi connectivity index (χ2n) is 3.47. The van der Waals surface area contributed by atoms with E-state index in [4.69, 9.17) is 15.3 Å². The summed E-state index contributed by atoms with van der Waals surface area (Å²) in [6.07, 6.45) is 3.47. The molecule has 0 radical (unpaired) electrons. The summed E-state index contributed by atoms with van der Waals surface area (Å²) in [5.74, 6) is 0. The maximum absolute atomic E-state index is 10.2. The predicted molar refractivity (Wildman–Crippen MR) is 77.7 cm³/mol. The average molecular weight is 362 g/mol. The van der Waals surface area contributed by atoms with Gasteiger partial charge in [0, 0.05) is 47.5 Å². The van der Waals surface area contributed by atoms with Crippen LogP contribution >= 0.6 is 0 Å². The monoisotopic (exact) mass is 360 g/mol. The van der Waals surface area contributed by atoms with Gasteiger partial charge in [-0.15, -0.1) is 0 Å². The Morgan fingerprint density at radius 3 is 0.889 bits per heavy atom. The van der Waals surface area contributed by atoms with Crippen LogP contribution in [0.1, 0.15) is 40.0 Å². The average Bonchev–Trinajstić information content (AvgIpc) is 2.37. The van der Waals surface area contributed by atoms with Crippen molar-refractivity contribution >= 4 is 8.32 Å². The summed E-state index contributed by atoms with van der Waals surface area (Å²) in [7, 11) is 1.25. The van der Waals surface area contributed by atoms with Crippen LogP contribution in [-0.2, 0) is 26.2 Å². The fraction of sp³-hybridized carbons (Fsp3) is 1.00. The van der Waals surface area contributed by atoms with Crippen molar-refractivity contribution in [1.29, 1.82) is 0 Å². The summed E-state index contributed by atoms with van der Waals surface area (Å²) in [5, 5.41) is 21.0. The summed E-state index contributed by atoms with van der Waals surface area (Å²) in [6.45, 7) is 6.51. The molecule has 0 rings (SSSR count). The minimum atomic E-state index is -1.75. The molecule has 4 nitrogen and oxygen atoms in total. The SMILES string of the molecule is CCC[Si](O)(CCC)CCC.CO.CO.CO.[Zr]. The zero-order valence-electron chi connectivity index (χ0n) is 13.0. The number of hydrogen-bond acceptors (Lipinski definition) is 4. The maximum Gasteiger partial charge on any atom is 0.188 e. The molecule has 0 unspecified atom stereocenters. The molecule has 0 saturated carbocycles. The molecular formula is C12H34O4SiZr. The van der Waals surface area contributed by atoms with E-state index in [1.807, 2.05) is 0 Å². The number of rotatable bonds is 6. The Bertz CT molecular complexity index is 91.1. The van der Waals surface area contributed by atoms with Crippen molar-refractivity contribution in [2.24, 2.45) is 0 Å². The zero-order valence-corrected chi connectivity index (χ0v) is 16.5. The number of aliphatic hydroxyl groups excluding tert-OH is 3. The Balaban J connectivity index is -0.0000000700. The van der Waals surface area contributed by atoms with Gasteiger partial charge in [-0.3, -0.25) is 0 Å². The van der Waals surface area contributed by atoms with Gasteiger partial charge in [-0.25, -0.2) is 0 Å². The van der Waals surface area contributed by atoms with Gasteiger partial charge in [-0.2, -0.15) is 0 Å². The van der Waals surface area contributed by atoms with Crippen LogP contribution in [0.2, 0.25) is 18.1 Å². The van der Waals surface area contributed by atoms with E-state index in [2.05, 4.69) is 20.8 Å². The summed E-state index contributed by atoms with van der Waals surface area (Å²) in [5.41, 5.74) is 0. The van der Waals surface area contributed by atoms with Gasteiger partial charge < -0.3 is 20.1 Å². The molecule has 0 amide bonds. The molecule has 0 saturated heterocycles. The third-order valence-electron chi connectivity index (χ3n) is 2.15. The minimum absolute atomic E-state index is 0. The molecule has 0 heterocycles. The van der Waals surface area contributed by atoms with Gasteiger partial charge >= 0.3 is 0 Å². The smallest absolute Gasteiger partial charge is 0.188 e. The van der Waals surface area contributed by atoms with Crippen LogP contribution in [0.4, 0.5) is 0 Å². The Labute approximate surface area is 134 Å². The van der Waals surface area contributed by atoms with Crippen molar-refractivity contribution in [3.8, 4) is 0 Å². The summed E-state index contributed by atoms with van der Waals surface area (Å²) >= 11 is 0. The predicted octanol–water partition coefficient (Wildman–Crippen LogP) is 1.98. The van der Waals surface area contributed by atoms with Crippen LogP contribution in [0.15, 0.2) is 0 Å². The van der Waals surface area contributed by atoms with Crippen molar-refractivity contribution in [3.05, 3.63) is 0 Å². The van der Waals surface area contributed by atoms with E-state index < -0.39 is 8.32 Å². The Morgan fingerprint density at radius 1 is 0.611 bits per heavy atom. The first kappa shape index (κ1) is 31.4. The molecule has 0 aromatic carbocycles. The van der Waals surface area contributed by atoms with Gasteiger partial charge in [-0.05, 0) is 18.1 Å². The molecule has 0 aliphatic rings. The van der Waals surface area contributed by atoms with Crippen molar-refractivity contribution in [3.63, 3.8) is 0 Å². The summed E-state index contributed by atoms with van der Waals surface area (Å²) in [4.78, 5) is 10.2. The molecule has 114 valence electrons. The third-order valence-corrected chi connectivity index (χ3v) is 6.44. The fourth-order valence-corrected chi connectivity index (χ4v) is 5.31. The first-order valence-corrected chi connectivity index (χ1v) is 8.82. The largest absolute Gasteiger partial charge is 0.432 e. The molecule has 0 aromatic rings. The first-order chi connectivity index (χ1) is 8.18. The molecule has 4 N–H and O–H groups in total. The first-order valence-electron chi connectivity index (χ1n) is 6.25. The molecule has 0 aromatic heterocycles. The van der Waals surface area contributed by atoms with Crippen molar-refractivity contribution < 1.29 is 46.3 Å². The molecule has 6 heteroatoms. The normalized spacial score (nSPS) is 8.33. The molecule has 0 aliphatic heterocycles. The van der Waals surface area contributed by atoms with E-state index in [-0.39, 0.29) is 26.2 Å². The summed E-state index contributed by atoms with van der Waals surface area (Å²) in [6, 6.07) is 3.32. The Kier molecular flexibility index (Phi) is 53.6. The fourth-order valence-electron chi connectivity index (χ4n) is 1.77. The van der Waals surface area contributed by atoms with Gasteiger partial charge in [-0.1, -0.05) is 40.0 Å². The third kappa shape index (κ3) is 25.7. The standard InChI is InChI=1S/C9H22OSi.3CH4O.Zr/c1-4-7-11(10,8-5-2)9-6-3;3*1-2;/h10H,4-9H2,1-3H3;3*2H,1H3;. The molecule has 0 aliphatic carbocycles. The van der Waals surface area contributed by atoms with Crippen LogP contribution in [0.5, 0.6) is 0 Å². The zero-order chi connectivity index (χ0) is 14.7. The Morgan fingerprint density at radius 2 is 0.778 bits per heavy atom. The van der Waals surface area contributed by atoms with Crippen molar-refractivity contribution in [2.75, 3.05) is 21.3 Å². The number of hydrogen-bond donors (Lipinski definition) is 4. The molecule has 0 atom stereocenters. The van der Waals surface area contributed by atoms with E-state index in [1.165, 1.54) is 0 Å². The molecule has 0 spiro atoms. The van der Waals surface area contributed by atoms with Crippen LogP contribution in [0, 0.1) is 0 Å². The van der Waals surface area contributed by atoms with E-state index in [9.17, 15) is 4.80 Å². The number of aliphatic hydroxyl groups is 3. The molecule has 18 heavy (non-hydrogen) atoms. The molecule has 0 fully saturated rings.